The highest BCUT2D eigenvalue weighted by Gasteiger charge is 1.78. The van der Waals surface area contributed by atoms with Crippen molar-refractivity contribution in [2.24, 2.45) is 0 Å². The number of carbonyl (C=O) groups is 1. The summed E-state index contributed by atoms with van der Waals surface area (Å²) >= 11 is 3.14. The van der Waals surface area contributed by atoms with E-state index in [4.69, 9.17) is 0 Å². The number of nitrogens with one attached hydrogen (secondary N) is 1. The molecule has 9 heavy (non-hydrogen) atoms. The fourth-order valence-electron chi connectivity index (χ4n) is 0.283. The van der Waals surface area contributed by atoms with Crippen molar-refractivity contribution in [2.75, 3.05) is 7.05 Å². The van der Waals surface area contributed by atoms with Crippen LogP contribution in [0.4, 0.5) is 0 Å². The minimum Gasteiger partial charge on any atom is -0.394 e. The Morgan fingerprint density at radius 3 is 2.78 bits per heavy atom. The molecule has 0 fully saturated rings. The van der Waals surface area contributed by atoms with Crippen molar-refractivity contribution < 1.29 is 4.79 Å². The zero-order valence-electron chi connectivity index (χ0n) is 5.10. The summed E-state index contributed by atoms with van der Waals surface area (Å²) in [5.41, 5.74) is 0. The van der Waals surface area contributed by atoms with E-state index in [1.807, 2.05) is 0 Å². The number of rotatable bonds is 3. The highest BCUT2D eigenvalue weighted by molar-refractivity contribution is 9.11. The van der Waals surface area contributed by atoms with Gasteiger partial charge in [-0.2, -0.15) is 0 Å². The summed E-state index contributed by atoms with van der Waals surface area (Å²) in [6, 6.07) is 0. The van der Waals surface area contributed by atoms with E-state index in [0.717, 1.165) is 10.8 Å². The molecule has 0 saturated carbocycles. The van der Waals surface area contributed by atoms with Gasteiger partial charge in [0.1, 0.15) is 6.29 Å². The molecule has 0 aliphatic rings. The Morgan fingerprint density at radius 1 is 1.67 bits per heavy atom. The number of aldehydes is 1. The van der Waals surface area contributed by atoms with Crippen LogP contribution in [-0.4, -0.2) is 13.3 Å². The van der Waals surface area contributed by atoms with Gasteiger partial charge in [-0.15, -0.1) is 0 Å². The maximum Gasteiger partial charge on any atom is 0.143 e. The maximum atomic E-state index is 9.82. The Hall–Kier alpha value is -0.570. The van der Waals surface area contributed by atoms with Crippen molar-refractivity contribution in [3.05, 3.63) is 22.8 Å². The number of halogens is 1. The van der Waals surface area contributed by atoms with Gasteiger partial charge in [-0.3, -0.25) is 4.79 Å². The second kappa shape index (κ2) is 5.56. The Balaban J connectivity index is 3.74. The largest absolute Gasteiger partial charge is 0.394 e. The third-order valence-electron chi connectivity index (χ3n) is 0.636. The van der Waals surface area contributed by atoms with Crippen molar-refractivity contribution in [3.63, 3.8) is 0 Å². The first kappa shape index (κ1) is 8.43. The van der Waals surface area contributed by atoms with E-state index in [2.05, 4.69) is 21.2 Å². The molecule has 0 atom stereocenters. The number of hydrogen-bond donors (Lipinski definition) is 1. The molecule has 0 radical (unpaired) electrons. The lowest BCUT2D eigenvalue weighted by Crippen LogP contribution is -1.90. The highest BCUT2D eigenvalue weighted by Crippen LogP contribution is 2.03. The zero-order valence-corrected chi connectivity index (χ0v) is 6.68. The Bertz CT molecular complexity index is 140. The summed E-state index contributed by atoms with van der Waals surface area (Å²) in [4.78, 5) is 9.82. The number of carbonyl (C=O) groups excluding carboxylic acids is 1. The molecule has 0 aliphatic heterocycles. The lowest BCUT2D eigenvalue weighted by molar-refractivity contribution is -0.104. The molecule has 0 saturated heterocycles. The zero-order chi connectivity index (χ0) is 7.11. The molecule has 0 bridgehead atoms. The van der Waals surface area contributed by atoms with Crippen LogP contribution in [0.2, 0.25) is 0 Å². The van der Waals surface area contributed by atoms with Gasteiger partial charge in [0.15, 0.2) is 0 Å². The number of allylic oxidation sites excluding steroid dienone is 3. The first-order chi connectivity index (χ1) is 4.31. The Labute approximate surface area is 62.8 Å². The van der Waals surface area contributed by atoms with E-state index >= 15 is 0 Å². The monoisotopic (exact) mass is 189 g/mol. The van der Waals surface area contributed by atoms with E-state index in [1.165, 1.54) is 6.08 Å². The van der Waals surface area contributed by atoms with Crippen LogP contribution in [-0.2, 0) is 4.79 Å². The maximum absolute atomic E-state index is 9.82. The van der Waals surface area contributed by atoms with Gasteiger partial charge >= 0.3 is 0 Å². The third kappa shape index (κ3) is 5.30. The minimum absolute atomic E-state index is 0.726. The number of hydrogen-bond acceptors (Lipinski definition) is 2. The molecule has 3 heteroatoms. The Kier molecular flexibility index (Phi) is 5.21. The minimum atomic E-state index is 0.726. The second-order valence-corrected chi connectivity index (χ2v) is 2.23. The summed E-state index contributed by atoms with van der Waals surface area (Å²) in [6.07, 6.45) is 5.62. The fraction of sp³-hybridized carbons (Fsp3) is 0.167. The average molecular weight is 190 g/mol. The van der Waals surface area contributed by atoms with Crippen LogP contribution >= 0.6 is 15.9 Å². The van der Waals surface area contributed by atoms with Crippen molar-refractivity contribution in [2.45, 2.75) is 0 Å². The summed E-state index contributed by atoms with van der Waals surface area (Å²) < 4.78 is 0.756. The molecule has 0 heterocycles. The van der Waals surface area contributed by atoms with E-state index in [-0.39, 0.29) is 0 Å². The quantitative estimate of drug-likeness (QED) is 0.411. The van der Waals surface area contributed by atoms with E-state index in [9.17, 15) is 4.79 Å². The van der Waals surface area contributed by atoms with Crippen molar-refractivity contribution in [1.82, 2.24) is 5.32 Å². The molecule has 0 aliphatic carbocycles. The van der Waals surface area contributed by atoms with Crippen LogP contribution in [0.3, 0.4) is 0 Å². The van der Waals surface area contributed by atoms with Crippen molar-refractivity contribution in [1.29, 1.82) is 0 Å². The second-order valence-electron chi connectivity index (χ2n) is 1.31. The van der Waals surface area contributed by atoms with Gasteiger partial charge in [-0.25, -0.2) is 0 Å². The summed E-state index contributed by atoms with van der Waals surface area (Å²) in [5.74, 6) is 0. The van der Waals surface area contributed by atoms with Gasteiger partial charge in [0.05, 0.1) is 0 Å². The third-order valence-corrected chi connectivity index (χ3v) is 1.17. The van der Waals surface area contributed by atoms with Crippen LogP contribution in [0.5, 0.6) is 0 Å². The van der Waals surface area contributed by atoms with Gasteiger partial charge < -0.3 is 5.32 Å². The van der Waals surface area contributed by atoms with Gasteiger partial charge in [-0.05, 0) is 18.4 Å². The van der Waals surface area contributed by atoms with Gasteiger partial charge in [0.2, 0.25) is 0 Å². The summed E-state index contributed by atoms with van der Waals surface area (Å²) in [7, 11) is 1.79. The standard InChI is InChI=1S/C6H8BrNO/c1-8-4-2-6(7)3-5-9/h2-5,8H,1H3/b4-2-,6-3+. The van der Waals surface area contributed by atoms with Gasteiger partial charge in [-0.1, -0.05) is 15.9 Å². The summed E-state index contributed by atoms with van der Waals surface area (Å²) in [5, 5.41) is 2.79. The molecular weight excluding hydrogens is 182 g/mol. The Morgan fingerprint density at radius 2 is 2.33 bits per heavy atom. The molecule has 1 N–H and O–H groups in total. The van der Waals surface area contributed by atoms with E-state index < -0.39 is 0 Å². The van der Waals surface area contributed by atoms with E-state index in [1.54, 1.807) is 19.3 Å². The predicted molar refractivity (Wildman–Crippen MR) is 41.3 cm³/mol. The lowest BCUT2D eigenvalue weighted by Gasteiger charge is -1.84. The first-order valence-corrected chi connectivity index (χ1v) is 3.25. The van der Waals surface area contributed by atoms with Crippen LogP contribution in [0.1, 0.15) is 0 Å². The molecule has 50 valence electrons. The summed E-state index contributed by atoms with van der Waals surface area (Å²) in [6.45, 7) is 0. The van der Waals surface area contributed by atoms with Gasteiger partial charge in [0.25, 0.3) is 0 Å². The molecule has 0 aromatic rings. The first-order valence-electron chi connectivity index (χ1n) is 2.46. The van der Waals surface area contributed by atoms with Crippen LogP contribution in [0, 0.1) is 0 Å². The molecule has 0 unspecified atom stereocenters. The van der Waals surface area contributed by atoms with Crippen LogP contribution in [0.25, 0.3) is 0 Å². The highest BCUT2D eigenvalue weighted by atomic mass is 79.9. The van der Waals surface area contributed by atoms with E-state index in [0.29, 0.717) is 0 Å². The van der Waals surface area contributed by atoms with Crippen LogP contribution in [0.15, 0.2) is 22.8 Å². The molecule has 2 nitrogen and oxygen atoms in total. The lowest BCUT2D eigenvalue weighted by atomic mass is 10.5. The molecule has 0 aromatic carbocycles. The molecule has 0 rings (SSSR count). The topological polar surface area (TPSA) is 29.1 Å². The molecule has 0 spiro atoms. The molecule has 0 aromatic heterocycles. The molecular formula is C6H8BrNO. The predicted octanol–water partition coefficient (Wildman–Crippen LogP) is 1.20. The SMILES string of the molecule is CN/C=C\C(Br)=C/C=O. The fourth-order valence-corrected chi connectivity index (χ4v) is 0.524. The van der Waals surface area contributed by atoms with Crippen LogP contribution < -0.4 is 5.32 Å². The van der Waals surface area contributed by atoms with Crippen molar-refractivity contribution >= 4 is 22.2 Å². The normalized spacial score (nSPS) is 12.0. The van der Waals surface area contributed by atoms with Crippen molar-refractivity contribution in [3.8, 4) is 0 Å². The average Bonchev–Trinajstić information content (AvgIpc) is 1.85. The molecule has 0 amide bonds. The van der Waals surface area contributed by atoms with Gasteiger partial charge in [0, 0.05) is 11.5 Å². The smallest absolute Gasteiger partial charge is 0.143 e.